The van der Waals surface area contributed by atoms with Gasteiger partial charge in [-0.25, -0.2) is 0 Å². The predicted molar refractivity (Wildman–Crippen MR) is 94.9 cm³/mol. The molecule has 0 saturated carbocycles. The van der Waals surface area contributed by atoms with Crippen LogP contribution in [0.15, 0.2) is 77.4 Å². The molecule has 4 rings (SSSR count). The van der Waals surface area contributed by atoms with Crippen molar-refractivity contribution >= 4 is 17.1 Å². The molecule has 24 heavy (non-hydrogen) atoms. The van der Waals surface area contributed by atoms with Crippen LogP contribution >= 0.6 is 0 Å². The third-order valence-corrected chi connectivity index (χ3v) is 4.38. The zero-order valence-electron chi connectivity index (χ0n) is 13.1. The van der Waals surface area contributed by atoms with E-state index < -0.39 is 5.60 Å². The highest BCUT2D eigenvalue weighted by Gasteiger charge is 2.41. The van der Waals surface area contributed by atoms with Gasteiger partial charge in [0.15, 0.2) is 17.1 Å². The van der Waals surface area contributed by atoms with Gasteiger partial charge in [0.2, 0.25) is 0 Å². The summed E-state index contributed by atoms with van der Waals surface area (Å²) < 4.78 is 11.9. The normalized spacial score (nSPS) is 15.8. The number of hydrogen-bond donors (Lipinski definition) is 2. The summed E-state index contributed by atoms with van der Waals surface area (Å²) in [6.45, 7) is 0. The zero-order chi connectivity index (χ0) is 16.6. The minimum atomic E-state index is -0.608. The number of nitrogens with two attached hydrogens (primary N) is 2. The van der Waals surface area contributed by atoms with Crippen LogP contribution in [0.2, 0.25) is 0 Å². The molecule has 0 atom stereocenters. The number of nitrogen functional groups attached to an aromatic ring is 2. The fourth-order valence-electron chi connectivity index (χ4n) is 3.10. The summed E-state index contributed by atoms with van der Waals surface area (Å²) in [7, 11) is 0. The van der Waals surface area contributed by atoms with Crippen LogP contribution in [0.5, 0.6) is 0 Å². The molecule has 2 aromatic carbocycles. The van der Waals surface area contributed by atoms with Gasteiger partial charge in [-0.1, -0.05) is 24.3 Å². The van der Waals surface area contributed by atoms with Crippen LogP contribution in [0, 0.1) is 0 Å². The zero-order valence-corrected chi connectivity index (χ0v) is 13.1. The predicted octanol–water partition coefficient (Wildman–Crippen LogP) is 4.15. The first-order valence-electron chi connectivity index (χ1n) is 7.82. The van der Waals surface area contributed by atoms with Crippen LogP contribution in [-0.2, 0) is 10.3 Å². The maximum atomic E-state index is 6.43. The highest BCUT2D eigenvalue weighted by Crippen LogP contribution is 2.46. The van der Waals surface area contributed by atoms with Gasteiger partial charge in [0.05, 0.1) is 6.26 Å². The molecule has 4 nitrogen and oxygen atoms in total. The Hall–Kier alpha value is -3.14. The number of rotatable bonds is 3. The molecule has 0 aliphatic carbocycles. The number of hydrogen-bond acceptors (Lipinski definition) is 4. The van der Waals surface area contributed by atoms with Gasteiger partial charge < -0.3 is 20.6 Å². The van der Waals surface area contributed by atoms with E-state index in [0.717, 1.165) is 34.0 Å². The summed E-state index contributed by atoms with van der Waals surface area (Å²) in [5, 5.41) is 0. The van der Waals surface area contributed by atoms with E-state index in [1.807, 2.05) is 60.7 Å². The van der Waals surface area contributed by atoms with Gasteiger partial charge in [0.25, 0.3) is 0 Å². The van der Waals surface area contributed by atoms with E-state index in [9.17, 15) is 0 Å². The molecule has 0 fully saturated rings. The lowest BCUT2D eigenvalue weighted by molar-refractivity contribution is 0.0978. The average molecular weight is 318 g/mol. The van der Waals surface area contributed by atoms with Crippen molar-refractivity contribution in [2.45, 2.75) is 12.0 Å². The molecule has 2 heterocycles. The quantitative estimate of drug-likeness (QED) is 0.711. The smallest absolute Gasteiger partial charge is 0.168 e. The molecule has 1 aromatic heterocycles. The largest absolute Gasteiger partial charge is 0.474 e. The van der Waals surface area contributed by atoms with E-state index in [1.54, 1.807) is 6.26 Å². The first-order chi connectivity index (χ1) is 11.7. The molecule has 0 spiro atoms. The van der Waals surface area contributed by atoms with Gasteiger partial charge in [-0.05, 0) is 42.5 Å². The molecule has 0 radical (unpaired) electrons. The second-order valence-electron chi connectivity index (χ2n) is 5.92. The van der Waals surface area contributed by atoms with Crippen LogP contribution in [-0.4, -0.2) is 0 Å². The molecule has 4 heteroatoms. The lowest BCUT2D eigenvalue weighted by Crippen LogP contribution is -2.27. The van der Waals surface area contributed by atoms with E-state index >= 15 is 0 Å². The minimum Gasteiger partial charge on any atom is -0.474 e. The van der Waals surface area contributed by atoms with Crippen LogP contribution < -0.4 is 11.5 Å². The summed E-state index contributed by atoms with van der Waals surface area (Å²) >= 11 is 0. The molecule has 0 unspecified atom stereocenters. The van der Waals surface area contributed by atoms with Crippen molar-refractivity contribution in [3.05, 3.63) is 89.9 Å². The number of anilines is 2. The number of ether oxygens (including phenoxy) is 1. The molecule has 120 valence electrons. The number of furan rings is 1. The first-order valence-corrected chi connectivity index (χ1v) is 7.82. The molecule has 0 amide bonds. The second-order valence-corrected chi connectivity index (χ2v) is 5.92. The molecule has 4 N–H and O–H groups in total. The third-order valence-electron chi connectivity index (χ3n) is 4.38. The van der Waals surface area contributed by atoms with E-state index in [4.69, 9.17) is 20.6 Å². The van der Waals surface area contributed by atoms with Crippen molar-refractivity contribution in [3.63, 3.8) is 0 Å². The Kier molecular flexibility index (Phi) is 3.31. The summed E-state index contributed by atoms with van der Waals surface area (Å²) in [5.41, 5.74) is 14.6. The lowest BCUT2D eigenvalue weighted by Gasteiger charge is -2.31. The lowest BCUT2D eigenvalue weighted by atomic mass is 9.84. The summed E-state index contributed by atoms with van der Waals surface area (Å²) in [5.74, 6) is 1.47. The van der Waals surface area contributed by atoms with Gasteiger partial charge in [0, 0.05) is 28.9 Å². The van der Waals surface area contributed by atoms with Crippen LogP contribution in [0.25, 0.3) is 5.76 Å². The van der Waals surface area contributed by atoms with Crippen molar-refractivity contribution in [2.24, 2.45) is 0 Å². The molecule has 0 bridgehead atoms. The van der Waals surface area contributed by atoms with Crippen molar-refractivity contribution in [1.82, 2.24) is 0 Å². The standard InChI is InChI=1S/C20H18N2O2/c21-16-7-3-14(4-8-16)20(15-5-9-17(22)10-6-15)12-11-19(24-20)18-2-1-13-23-18/h1-11,13H,12,21-22H2. The fourth-order valence-corrected chi connectivity index (χ4v) is 3.10. The summed E-state index contributed by atoms with van der Waals surface area (Å²) in [4.78, 5) is 0. The Labute approximate surface area is 140 Å². The van der Waals surface area contributed by atoms with E-state index in [1.165, 1.54) is 0 Å². The maximum absolute atomic E-state index is 6.43. The van der Waals surface area contributed by atoms with Crippen LogP contribution in [0.3, 0.4) is 0 Å². The third kappa shape index (κ3) is 2.33. The van der Waals surface area contributed by atoms with Crippen molar-refractivity contribution in [1.29, 1.82) is 0 Å². The first kappa shape index (κ1) is 14.5. The minimum absolute atomic E-state index is 0.608. The van der Waals surface area contributed by atoms with E-state index in [2.05, 4.69) is 6.08 Å². The van der Waals surface area contributed by atoms with Crippen LogP contribution in [0.4, 0.5) is 11.4 Å². The molecule has 1 aliphatic heterocycles. The highest BCUT2D eigenvalue weighted by atomic mass is 16.5. The van der Waals surface area contributed by atoms with Gasteiger partial charge in [-0.2, -0.15) is 0 Å². The average Bonchev–Trinajstić information content (AvgIpc) is 3.26. The molecular formula is C20H18N2O2. The summed E-state index contributed by atoms with van der Waals surface area (Å²) in [6, 6.07) is 19.3. The van der Waals surface area contributed by atoms with Gasteiger partial charge in [-0.3, -0.25) is 0 Å². The van der Waals surface area contributed by atoms with E-state index in [-0.39, 0.29) is 0 Å². The molecule has 3 aromatic rings. The van der Waals surface area contributed by atoms with Crippen molar-refractivity contribution in [2.75, 3.05) is 11.5 Å². The van der Waals surface area contributed by atoms with Gasteiger partial charge in [0.1, 0.15) is 0 Å². The van der Waals surface area contributed by atoms with Crippen LogP contribution in [0.1, 0.15) is 23.3 Å². The SMILES string of the molecule is Nc1ccc(C2(c3ccc(N)cc3)CC=C(c3ccco3)O2)cc1. The Balaban J connectivity index is 1.79. The topological polar surface area (TPSA) is 74.4 Å². The van der Waals surface area contributed by atoms with Gasteiger partial charge >= 0.3 is 0 Å². The summed E-state index contributed by atoms with van der Waals surface area (Å²) in [6.07, 6.45) is 4.41. The highest BCUT2D eigenvalue weighted by molar-refractivity contribution is 5.61. The Morgan fingerprint density at radius 3 is 1.88 bits per heavy atom. The Morgan fingerprint density at radius 2 is 1.38 bits per heavy atom. The molecule has 0 saturated heterocycles. The maximum Gasteiger partial charge on any atom is 0.168 e. The Bertz CT molecular complexity index is 818. The van der Waals surface area contributed by atoms with Crippen molar-refractivity contribution in [3.8, 4) is 0 Å². The van der Waals surface area contributed by atoms with E-state index in [0.29, 0.717) is 6.42 Å². The molecular weight excluding hydrogens is 300 g/mol. The Morgan fingerprint density at radius 1 is 0.792 bits per heavy atom. The van der Waals surface area contributed by atoms with Gasteiger partial charge in [-0.15, -0.1) is 0 Å². The van der Waals surface area contributed by atoms with Crippen molar-refractivity contribution < 1.29 is 9.15 Å². The molecule has 1 aliphatic rings. The fraction of sp³-hybridized carbons (Fsp3) is 0.100. The monoisotopic (exact) mass is 318 g/mol. The number of benzene rings is 2. The second kappa shape index (κ2) is 5.49.